The van der Waals surface area contributed by atoms with E-state index in [4.69, 9.17) is 0 Å². The number of hydrogen-bond acceptors (Lipinski definition) is 7. The number of tetrazole rings is 1. The van der Waals surface area contributed by atoms with Crippen LogP contribution >= 0.6 is 0 Å². The summed E-state index contributed by atoms with van der Waals surface area (Å²) in [5.41, 5.74) is 1.74. The largest absolute Gasteiger partial charge is 0.336 e. The van der Waals surface area contributed by atoms with Gasteiger partial charge in [0.2, 0.25) is 5.91 Å². The molecule has 0 spiro atoms. The second kappa shape index (κ2) is 6.67. The Morgan fingerprint density at radius 2 is 1.92 bits per heavy atom. The SMILES string of the molecule is O=C(Nc1ccc(-n2cnnn2)cc1)C1CN(C(=O)c2cnccn2)C1. The summed E-state index contributed by atoms with van der Waals surface area (Å²) < 4.78 is 1.52. The van der Waals surface area contributed by atoms with Gasteiger partial charge in [0.05, 0.1) is 17.8 Å². The molecule has 1 aliphatic heterocycles. The van der Waals surface area contributed by atoms with Crippen molar-refractivity contribution in [3.05, 3.63) is 54.9 Å². The lowest BCUT2D eigenvalue weighted by Crippen LogP contribution is -2.54. The molecule has 3 heterocycles. The van der Waals surface area contributed by atoms with Crippen LogP contribution in [0.3, 0.4) is 0 Å². The van der Waals surface area contributed by atoms with Crippen LogP contribution in [0.25, 0.3) is 5.69 Å². The Morgan fingerprint density at radius 3 is 2.58 bits per heavy atom. The van der Waals surface area contributed by atoms with Gasteiger partial charge in [-0.1, -0.05) is 0 Å². The summed E-state index contributed by atoms with van der Waals surface area (Å²) in [6, 6.07) is 7.15. The Morgan fingerprint density at radius 1 is 1.12 bits per heavy atom. The number of nitrogens with zero attached hydrogens (tertiary/aromatic N) is 7. The predicted molar refractivity (Wildman–Crippen MR) is 89.2 cm³/mol. The van der Waals surface area contributed by atoms with Crippen LogP contribution in [0.1, 0.15) is 10.5 Å². The Bertz CT molecular complexity index is 905. The van der Waals surface area contributed by atoms with E-state index in [0.717, 1.165) is 5.69 Å². The molecule has 0 atom stereocenters. The van der Waals surface area contributed by atoms with E-state index in [2.05, 4.69) is 30.8 Å². The molecular weight excluding hydrogens is 336 g/mol. The van der Waals surface area contributed by atoms with Crippen LogP contribution in [0.4, 0.5) is 5.69 Å². The maximum atomic E-state index is 12.3. The van der Waals surface area contributed by atoms with Gasteiger partial charge >= 0.3 is 0 Å². The van der Waals surface area contributed by atoms with Gasteiger partial charge in [0.25, 0.3) is 5.91 Å². The standard InChI is InChI=1S/C16H14N8O2/c25-15(11-8-23(9-11)16(26)14-7-17-5-6-18-14)20-12-1-3-13(4-2-12)24-10-19-21-22-24/h1-7,10-11H,8-9H2,(H,20,25). The fraction of sp³-hybridized carbons (Fsp3) is 0.188. The highest BCUT2D eigenvalue weighted by Gasteiger charge is 2.36. The molecule has 0 aliphatic carbocycles. The summed E-state index contributed by atoms with van der Waals surface area (Å²) in [5, 5.41) is 13.8. The Balaban J connectivity index is 1.32. The number of carbonyl (C=O) groups is 2. The third-order valence-corrected chi connectivity index (χ3v) is 4.07. The van der Waals surface area contributed by atoms with Crippen molar-refractivity contribution >= 4 is 17.5 Å². The van der Waals surface area contributed by atoms with Crippen molar-refractivity contribution in [3.8, 4) is 5.69 Å². The molecule has 1 saturated heterocycles. The number of rotatable bonds is 4. The van der Waals surface area contributed by atoms with Gasteiger partial charge in [-0.05, 0) is 34.7 Å². The molecule has 0 saturated carbocycles. The van der Waals surface area contributed by atoms with Crippen molar-refractivity contribution < 1.29 is 9.59 Å². The van der Waals surface area contributed by atoms with E-state index < -0.39 is 0 Å². The van der Waals surface area contributed by atoms with Gasteiger partial charge in [-0.3, -0.25) is 14.6 Å². The molecule has 1 aromatic carbocycles. The molecule has 4 rings (SSSR count). The van der Waals surface area contributed by atoms with E-state index in [-0.39, 0.29) is 23.4 Å². The molecule has 0 bridgehead atoms. The summed E-state index contributed by atoms with van der Waals surface area (Å²) in [4.78, 5) is 33.9. The molecule has 10 nitrogen and oxygen atoms in total. The zero-order chi connectivity index (χ0) is 17.9. The van der Waals surface area contributed by atoms with Gasteiger partial charge in [-0.2, -0.15) is 0 Å². The van der Waals surface area contributed by atoms with Crippen LogP contribution in [0.15, 0.2) is 49.2 Å². The first kappa shape index (κ1) is 15.8. The van der Waals surface area contributed by atoms with Gasteiger partial charge < -0.3 is 10.2 Å². The third-order valence-electron chi connectivity index (χ3n) is 4.07. The minimum absolute atomic E-state index is 0.122. The van der Waals surface area contributed by atoms with Crippen molar-refractivity contribution in [2.75, 3.05) is 18.4 Å². The summed E-state index contributed by atoms with van der Waals surface area (Å²) in [7, 11) is 0. The number of carbonyl (C=O) groups excluding carboxylic acids is 2. The van der Waals surface area contributed by atoms with Crippen molar-refractivity contribution in [2.24, 2.45) is 5.92 Å². The zero-order valence-electron chi connectivity index (χ0n) is 13.6. The molecule has 0 unspecified atom stereocenters. The van der Waals surface area contributed by atoms with Gasteiger partial charge in [0, 0.05) is 31.2 Å². The highest BCUT2D eigenvalue weighted by molar-refractivity contribution is 5.97. The van der Waals surface area contributed by atoms with Crippen LogP contribution in [-0.2, 0) is 4.79 Å². The summed E-state index contributed by atoms with van der Waals surface area (Å²) in [5.74, 6) is -0.578. The molecule has 1 N–H and O–H groups in total. The quantitative estimate of drug-likeness (QED) is 0.712. The minimum atomic E-state index is -0.241. The van der Waals surface area contributed by atoms with E-state index in [1.54, 1.807) is 29.2 Å². The second-order valence-corrected chi connectivity index (χ2v) is 5.79. The molecule has 26 heavy (non-hydrogen) atoms. The molecular formula is C16H14N8O2. The second-order valence-electron chi connectivity index (χ2n) is 5.79. The lowest BCUT2D eigenvalue weighted by molar-refractivity contribution is -0.123. The Kier molecular flexibility index (Phi) is 4.06. The average molecular weight is 350 g/mol. The number of nitrogens with one attached hydrogen (secondary N) is 1. The van der Waals surface area contributed by atoms with Gasteiger partial charge in [0.15, 0.2) is 0 Å². The van der Waals surface area contributed by atoms with Gasteiger partial charge in [-0.15, -0.1) is 5.10 Å². The van der Waals surface area contributed by atoms with Gasteiger partial charge in [-0.25, -0.2) is 9.67 Å². The van der Waals surface area contributed by atoms with Crippen LogP contribution in [0.2, 0.25) is 0 Å². The molecule has 1 fully saturated rings. The molecule has 10 heteroatoms. The van der Waals surface area contributed by atoms with E-state index in [1.165, 1.54) is 29.6 Å². The van der Waals surface area contributed by atoms with Crippen molar-refractivity contribution in [1.29, 1.82) is 0 Å². The summed E-state index contributed by atoms with van der Waals surface area (Å²) in [6.07, 6.45) is 5.89. The van der Waals surface area contributed by atoms with Crippen LogP contribution in [0, 0.1) is 5.92 Å². The Hall–Kier alpha value is -3.69. The first-order chi connectivity index (χ1) is 12.7. The number of aromatic nitrogens is 6. The average Bonchev–Trinajstić information content (AvgIpc) is 3.16. The van der Waals surface area contributed by atoms with Crippen LogP contribution in [-0.4, -0.2) is 60.0 Å². The first-order valence-corrected chi connectivity index (χ1v) is 7.90. The number of anilines is 1. The van der Waals surface area contributed by atoms with E-state index in [1.807, 2.05) is 0 Å². The van der Waals surface area contributed by atoms with Crippen LogP contribution in [0.5, 0.6) is 0 Å². The monoisotopic (exact) mass is 350 g/mol. The Labute approximate surface area is 147 Å². The lowest BCUT2D eigenvalue weighted by Gasteiger charge is -2.37. The third kappa shape index (κ3) is 3.11. The summed E-state index contributed by atoms with van der Waals surface area (Å²) in [6.45, 7) is 0.730. The number of amides is 2. The summed E-state index contributed by atoms with van der Waals surface area (Å²) >= 11 is 0. The van der Waals surface area contributed by atoms with E-state index in [9.17, 15) is 9.59 Å². The van der Waals surface area contributed by atoms with E-state index in [0.29, 0.717) is 18.8 Å². The first-order valence-electron chi connectivity index (χ1n) is 7.90. The smallest absolute Gasteiger partial charge is 0.274 e. The molecule has 2 aromatic heterocycles. The molecule has 130 valence electrons. The van der Waals surface area contributed by atoms with Crippen molar-refractivity contribution in [3.63, 3.8) is 0 Å². The van der Waals surface area contributed by atoms with Crippen LogP contribution < -0.4 is 5.32 Å². The highest BCUT2D eigenvalue weighted by atomic mass is 16.2. The fourth-order valence-corrected chi connectivity index (χ4v) is 2.60. The topological polar surface area (TPSA) is 119 Å². The zero-order valence-corrected chi connectivity index (χ0v) is 13.6. The van der Waals surface area contributed by atoms with Crippen molar-refractivity contribution in [2.45, 2.75) is 0 Å². The molecule has 1 aliphatic rings. The number of hydrogen-bond donors (Lipinski definition) is 1. The normalized spacial score (nSPS) is 13.9. The van der Waals surface area contributed by atoms with E-state index >= 15 is 0 Å². The van der Waals surface area contributed by atoms with Gasteiger partial charge in [0.1, 0.15) is 12.0 Å². The minimum Gasteiger partial charge on any atom is -0.336 e. The molecule has 3 aromatic rings. The fourth-order valence-electron chi connectivity index (χ4n) is 2.60. The maximum Gasteiger partial charge on any atom is 0.274 e. The predicted octanol–water partition coefficient (Wildman–Crippen LogP) is 0.163. The molecule has 0 radical (unpaired) electrons. The molecule has 2 amide bonds. The maximum absolute atomic E-state index is 12.3. The van der Waals surface area contributed by atoms with Crippen molar-refractivity contribution in [1.82, 2.24) is 35.1 Å². The highest BCUT2D eigenvalue weighted by Crippen LogP contribution is 2.20. The number of benzene rings is 1. The lowest BCUT2D eigenvalue weighted by atomic mass is 9.98. The number of likely N-dealkylation sites (tertiary alicyclic amines) is 1.